The number of rotatable bonds is 4. The monoisotopic (exact) mass is 339 g/mol. The summed E-state index contributed by atoms with van der Waals surface area (Å²) in [4.78, 5) is 10.6. The third kappa shape index (κ3) is 3.22. The van der Waals surface area contributed by atoms with Gasteiger partial charge in [-0.2, -0.15) is 0 Å². The number of para-hydroxylation sites is 1. The maximum absolute atomic E-state index is 5.91. The molecule has 3 heterocycles. The zero-order valence-electron chi connectivity index (χ0n) is 15.1. The fourth-order valence-electron chi connectivity index (χ4n) is 3.74. The third-order valence-corrected chi connectivity index (χ3v) is 5.26. The standard InChI is InChI=1S/C20H25N3O2/c1-13-14(2)22-20(21-13)18-9-17(24-3)11-23(18)10-15-8-16-6-4-5-7-19(16)25-12-15/h4-8,17-18H,9-12H2,1-3H3,(H,21,22)/t17-,18+/m1/s1. The van der Waals surface area contributed by atoms with E-state index in [2.05, 4.69) is 41.9 Å². The van der Waals surface area contributed by atoms with Gasteiger partial charge in [-0.05, 0) is 38.0 Å². The van der Waals surface area contributed by atoms with Gasteiger partial charge >= 0.3 is 0 Å². The fourth-order valence-corrected chi connectivity index (χ4v) is 3.74. The molecule has 5 heteroatoms. The smallest absolute Gasteiger partial charge is 0.127 e. The van der Waals surface area contributed by atoms with Crippen molar-refractivity contribution < 1.29 is 9.47 Å². The largest absolute Gasteiger partial charge is 0.489 e. The molecule has 1 saturated heterocycles. The van der Waals surface area contributed by atoms with Crippen LogP contribution in [0.15, 0.2) is 29.8 Å². The molecule has 0 aliphatic carbocycles. The number of imidazole rings is 1. The Hall–Kier alpha value is -2.11. The van der Waals surface area contributed by atoms with Gasteiger partial charge in [0.15, 0.2) is 0 Å². The minimum Gasteiger partial charge on any atom is -0.489 e. The number of fused-ring (bicyclic) bond motifs is 1. The van der Waals surface area contributed by atoms with Crippen molar-refractivity contribution in [2.75, 3.05) is 26.8 Å². The van der Waals surface area contributed by atoms with E-state index in [1.54, 1.807) is 7.11 Å². The number of aromatic amines is 1. The lowest BCUT2D eigenvalue weighted by Gasteiger charge is -2.26. The quantitative estimate of drug-likeness (QED) is 0.929. The number of hydrogen-bond donors (Lipinski definition) is 1. The highest BCUT2D eigenvalue weighted by Crippen LogP contribution is 2.34. The van der Waals surface area contributed by atoms with Gasteiger partial charge in [-0.1, -0.05) is 18.2 Å². The fraction of sp³-hybridized carbons (Fsp3) is 0.450. The van der Waals surface area contributed by atoms with Crippen LogP contribution >= 0.6 is 0 Å². The first-order valence-electron chi connectivity index (χ1n) is 8.85. The first-order chi connectivity index (χ1) is 12.1. The number of methoxy groups -OCH3 is 1. The molecule has 2 aliphatic rings. The van der Waals surface area contributed by atoms with Gasteiger partial charge in [0.1, 0.15) is 18.2 Å². The van der Waals surface area contributed by atoms with Crippen LogP contribution in [0.1, 0.15) is 35.2 Å². The van der Waals surface area contributed by atoms with Crippen molar-refractivity contribution in [3.8, 4) is 5.75 Å². The number of likely N-dealkylation sites (tertiary alicyclic amines) is 1. The van der Waals surface area contributed by atoms with Crippen molar-refractivity contribution in [1.29, 1.82) is 0 Å². The normalized spacial score (nSPS) is 23.2. The van der Waals surface area contributed by atoms with Crippen molar-refractivity contribution in [1.82, 2.24) is 14.9 Å². The van der Waals surface area contributed by atoms with Crippen LogP contribution in [-0.4, -0.2) is 47.8 Å². The van der Waals surface area contributed by atoms with Crippen molar-refractivity contribution in [3.05, 3.63) is 52.6 Å². The second-order valence-electron chi connectivity index (χ2n) is 7.00. The van der Waals surface area contributed by atoms with E-state index in [0.717, 1.165) is 48.0 Å². The van der Waals surface area contributed by atoms with Crippen LogP contribution in [0.25, 0.3) is 6.08 Å². The molecule has 0 spiro atoms. The molecular weight excluding hydrogens is 314 g/mol. The van der Waals surface area contributed by atoms with Crippen molar-refractivity contribution in [3.63, 3.8) is 0 Å². The molecule has 2 aliphatic heterocycles. The highest BCUT2D eigenvalue weighted by molar-refractivity contribution is 5.62. The summed E-state index contributed by atoms with van der Waals surface area (Å²) in [5.41, 5.74) is 4.67. The molecule has 2 atom stereocenters. The van der Waals surface area contributed by atoms with Crippen LogP contribution in [0.5, 0.6) is 5.75 Å². The topological polar surface area (TPSA) is 50.4 Å². The third-order valence-electron chi connectivity index (χ3n) is 5.26. The highest BCUT2D eigenvalue weighted by Gasteiger charge is 2.35. The summed E-state index contributed by atoms with van der Waals surface area (Å²) in [7, 11) is 1.79. The summed E-state index contributed by atoms with van der Waals surface area (Å²) in [6, 6.07) is 8.45. The van der Waals surface area contributed by atoms with Gasteiger partial charge in [0.2, 0.25) is 0 Å². The Morgan fingerprint density at radius 2 is 2.16 bits per heavy atom. The first-order valence-corrected chi connectivity index (χ1v) is 8.85. The minimum atomic E-state index is 0.244. The number of nitrogens with one attached hydrogen (secondary N) is 1. The summed E-state index contributed by atoms with van der Waals surface area (Å²) in [5.74, 6) is 2.02. The van der Waals surface area contributed by atoms with E-state index in [4.69, 9.17) is 14.5 Å². The maximum Gasteiger partial charge on any atom is 0.127 e. The second-order valence-corrected chi connectivity index (χ2v) is 7.00. The van der Waals surface area contributed by atoms with Crippen LogP contribution in [-0.2, 0) is 4.74 Å². The Balaban J connectivity index is 1.56. The molecule has 4 rings (SSSR count). The molecule has 1 aromatic carbocycles. The lowest BCUT2D eigenvalue weighted by molar-refractivity contribution is 0.109. The van der Waals surface area contributed by atoms with Crippen molar-refractivity contribution in [2.24, 2.45) is 0 Å². The molecule has 2 aromatic rings. The predicted molar refractivity (Wildman–Crippen MR) is 97.7 cm³/mol. The van der Waals surface area contributed by atoms with Crippen molar-refractivity contribution in [2.45, 2.75) is 32.4 Å². The Kier molecular flexibility index (Phi) is 4.36. The summed E-state index contributed by atoms with van der Waals surface area (Å²) >= 11 is 0. The van der Waals surface area contributed by atoms with E-state index in [0.29, 0.717) is 6.61 Å². The number of nitrogens with zero attached hydrogens (tertiary/aromatic N) is 2. The molecule has 1 aromatic heterocycles. The molecule has 1 fully saturated rings. The average Bonchev–Trinajstić information content (AvgIpc) is 3.18. The molecular formula is C20H25N3O2. The van der Waals surface area contributed by atoms with Gasteiger partial charge in [-0.25, -0.2) is 4.98 Å². The lowest BCUT2D eigenvalue weighted by atomic mass is 10.1. The Morgan fingerprint density at radius 1 is 1.32 bits per heavy atom. The summed E-state index contributed by atoms with van der Waals surface area (Å²) in [5, 5.41) is 0. The second kappa shape index (κ2) is 6.65. The SMILES string of the molecule is CO[C@@H]1C[C@@H](c2nc(C)c(C)[nH]2)N(CC2=Cc3ccccc3OC2)C1. The van der Waals surface area contributed by atoms with E-state index in [9.17, 15) is 0 Å². The van der Waals surface area contributed by atoms with Crippen LogP contribution in [0.2, 0.25) is 0 Å². The average molecular weight is 339 g/mol. The minimum absolute atomic E-state index is 0.244. The van der Waals surface area contributed by atoms with Crippen LogP contribution in [0, 0.1) is 13.8 Å². The molecule has 0 unspecified atom stereocenters. The predicted octanol–water partition coefficient (Wildman–Crippen LogP) is 3.26. The van der Waals surface area contributed by atoms with Gasteiger partial charge in [0.25, 0.3) is 0 Å². The van der Waals surface area contributed by atoms with Crippen LogP contribution in [0.4, 0.5) is 0 Å². The molecule has 0 bridgehead atoms. The molecule has 25 heavy (non-hydrogen) atoms. The lowest BCUT2D eigenvalue weighted by Crippen LogP contribution is -2.30. The first kappa shape index (κ1) is 16.4. The number of benzene rings is 1. The molecule has 5 nitrogen and oxygen atoms in total. The Labute approximate surface area is 148 Å². The van der Waals surface area contributed by atoms with Gasteiger partial charge in [-0.15, -0.1) is 0 Å². The van der Waals surface area contributed by atoms with Crippen LogP contribution in [0.3, 0.4) is 0 Å². The molecule has 1 N–H and O–H groups in total. The summed E-state index contributed by atoms with van der Waals surface area (Å²) in [6.45, 7) is 6.56. The summed E-state index contributed by atoms with van der Waals surface area (Å²) in [6.07, 6.45) is 3.47. The van der Waals surface area contributed by atoms with Crippen LogP contribution < -0.4 is 4.74 Å². The van der Waals surface area contributed by atoms with Gasteiger partial charge in [0, 0.05) is 31.5 Å². The highest BCUT2D eigenvalue weighted by atomic mass is 16.5. The van der Waals surface area contributed by atoms with E-state index in [-0.39, 0.29) is 12.1 Å². The van der Waals surface area contributed by atoms with Crippen molar-refractivity contribution >= 4 is 6.08 Å². The molecule has 0 amide bonds. The van der Waals surface area contributed by atoms with E-state index < -0.39 is 0 Å². The number of aromatic nitrogens is 2. The number of aryl methyl sites for hydroxylation is 2. The molecule has 132 valence electrons. The molecule has 0 saturated carbocycles. The van der Waals surface area contributed by atoms with E-state index >= 15 is 0 Å². The zero-order chi connectivity index (χ0) is 17.4. The number of ether oxygens (including phenoxy) is 2. The van der Waals surface area contributed by atoms with Gasteiger partial charge < -0.3 is 14.5 Å². The number of H-pyrrole nitrogens is 1. The van der Waals surface area contributed by atoms with E-state index in [1.807, 2.05) is 12.1 Å². The number of hydrogen-bond acceptors (Lipinski definition) is 4. The summed E-state index contributed by atoms with van der Waals surface area (Å²) < 4.78 is 11.6. The molecule has 0 radical (unpaired) electrons. The van der Waals surface area contributed by atoms with Gasteiger partial charge in [0.05, 0.1) is 17.8 Å². The van der Waals surface area contributed by atoms with E-state index in [1.165, 1.54) is 5.57 Å². The van der Waals surface area contributed by atoms with Gasteiger partial charge in [-0.3, -0.25) is 4.90 Å². The zero-order valence-corrected chi connectivity index (χ0v) is 15.1. The maximum atomic E-state index is 5.91. The Morgan fingerprint density at radius 3 is 2.92 bits per heavy atom. The Bertz CT molecular complexity index is 776.